The summed E-state index contributed by atoms with van der Waals surface area (Å²) in [6.45, 7) is 0. The van der Waals surface area contributed by atoms with E-state index >= 15 is 0 Å². The summed E-state index contributed by atoms with van der Waals surface area (Å²) in [6, 6.07) is 86.9. The van der Waals surface area contributed by atoms with E-state index in [2.05, 4.69) is 235 Å². The van der Waals surface area contributed by atoms with Crippen LogP contribution in [0.4, 0.5) is 17.1 Å². The summed E-state index contributed by atoms with van der Waals surface area (Å²) >= 11 is 0. The Morgan fingerprint density at radius 1 is 0.258 bits per heavy atom. The van der Waals surface area contributed by atoms with E-state index in [-0.39, 0.29) is 0 Å². The molecule has 13 aromatic carbocycles. The highest BCUT2D eigenvalue weighted by Gasteiger charge is 2.21. The van der Waals surface area contributed by atoms with Gasteiger partial charge in [-0.3, -0.25) is 0 Å². The van der Waals surface area contributed by atoms with E-state index in [1.54, 1.807) is 0 Å². The fourth-order valence-corrected chi connectivity index (χ4v) is 11.1. The van der Waals surface area contributed by atoms with Crippen molar-refractivity contribution in [2.75, 3.05) is 4.90 Å². The maximum absolute atomic E-state index is 6.81. The van der Waals surface area contributed by atoms with Crippen LogP contribution in [0, 0.1) is 0 Å². The lowest BCUT2D eigenvalue weighted by molar-refractivity contribution is 0.669. The second-order valence-corrected chi connectivity index (χ2v) is 17.5. The van der Waals surface area contributed by atoms with E-state index in [1.165, 1.54) is 91.9 Å². The van der Waals surface area contributed by atoms with Gasteiger partial charge in [0.25, 0.3) is 0 Å². The van der Waals surface area contributed by atoms with Gasteiger partial charge in [0.2, 0.25) is 0 Å². The molecule has 2 heteroatoms. The first-order chi connectivity index (χ1) is 32.7. The molecule has 0 amide bonds. The van der Waals surface area contributed by atoms with Crippen LogP contribution in [-0.4, -0.2) is 0 Å². The molecule has 0 radical (unpaired) electrons. The van der Waals surface area contributed by atoms with Gasteiger partial charge in [0, 0.05) is 22.1 Å². The van der Waals surface area contributed by atoms with Crippen molar-refractivity contribution >= 4 is 125 Å². The van der Waals surface area contributed by atoms with E-state index in [0.29, 0.717) is 0 Å². The molecule has 306 valence electrons. The summed E-state index contributed by atoms with van der Waals surface area (Å²) in [7, 11) is 0. The molecule has 0 spiro atoms. The predicted molar refractivity (Wildman–Crippen MR) is 283 cm³/mol. The van der Waals surface area contributed by atoms with Crippen molar-refractivity contribution in [3.8, 4) is 11.1 Å². The SMILES string of the molecule is c1ccc(-c2ccc(N(c3ccc4c(c3)c3ccccc3c3ccccc3c3ccccc3c3c4cc4ccc5cccc6ccc3c4c56)c3cccc4c3oc3ccccc34)cc2)cc1. The third-order valence-corrected chi connectivity index (χ3v) is 14.0. The van der Waals surface area contributed by atoms with Gasteiger partial charge >= 0.3 is 0 Å². The number of anilines is 3. The maximum Gasteiger partial charge on any atom is 0.159 e. The van der Waals surface area contributed by atoms with Gasteiger partial charge in [0.05, 0.1) is 5.69 Å². The van der Waals surface area contributed by atoms with Gasteiger partial charge in [-0.05, 0) is 140 Å². The molecule has 0 atom stereocenters. The molecular formula is C64H39NO. The normalized spacial score (nSPS) is 11.9. The molecule has 0 unspecified atom stereocenters. The third kappa shape index (κ3) is 5.49. The molecule has 0 saturated carbocycles. The number of para-hydroxylation sites is 2. The zero-order chi connectivity index (χ0) is 43.3. The van der Waals surface area contributed by atoms with Crippen LogP contribution in [0.15, 0.2) is 241 Å². The summed E-state index contributed by atoms with van der Waals surface area (Å²) < 4.78 is 6.81. The topological polar surface area (TPSA) is 16.4 Å². The molecule has 0 aliphatic rings. The first-order valence-electron chi connectivity index (χ1n) is 22.7. The fourth-order valence-electron chi connectivity index (χ4n) is 11.1. The van der Waals surface area contributed by atoms with Crippen molar-refractivity contribution in [3.05, 3.63) is 237 Å². The van der Waals surface area contributed by atoms with Crippen LogP contribution >= 0.6 is 0 Å². The van der Waals surface area contributed by atoms with Gasteiger partial charge in [-0.1, -0.05) is 194 Å². The van der Waals surface area contributed by atoms with Crippen molar-refractivity contribution in [1.82, 2.24) is 0 Å². The van der Waals surface area contributed by atoms with Gasteiger partial charge in [-0.15, -0.1) is 0 Å². The number of rotatable bonds is 4. The van der Waals surface area contributed by atoms with Crippen molar-refractivity contribution < 1.29 is 4.42 Å². The third-order valence-electron chi connectivity index (χ3n) is 14.0. The summed E-state index contributed by atoms with van der Waals surface area (Å²) in [4.78, 5) is 2.38. The van der Waals surface area contributed by atoms with E-state index in [0.717, 1.165) is 44.4 Å². The summed E-state index contributed by atoms with van der Waals surface area (Å²) in [5.74, 6) is 0. The monoisotopic (exact) mass is 837 g/mol. The Kier molecular flexibility index (Phi) is 8.02. The first-order valence-corrected chi connectivity index (χ1v) is 22.7. The highest BCUT2D eigenvalue weighted by Crippen LogP contribution is 2.47. The summed E-state index contributed by atoms with van der Waals surface area (Å²) in [5, 5.41) is 21.9. The Bertz CT molecular complexity index is 4320. The lowest BCUT2D eigenvalue weighted by Crippen LogP contribution is -2.10. The van der Waals surface area contributed by atoms with E-state index < -0.39 is 0 Å². The molecule has 2 nitrogen and oxygen atoms in total. The molecule has 0 N–H and O–H groups in total. The molecule has 0 bridgehead atoms. The van der Waals surface area contributed by atoms with E-state index in [4.69, 9.17) is 4.42 Å². The van der Waals surface area contributed by atoms with Crippen LogP contribution in [0.3, 0.4) is 0 Å². The Balaban J connectivity index is 1.17. The molecule has 0 aliphatic carbocycles. The standard InChI is InChI=1S/C64H39NO/c1-2-14-40(15-3-1)41-30-33-45(34-31-41)65(59-26-13-25-55-53-23-10-11-27-60(53)66-64(55)59)46-35-37-52-57(39-46)51-22-7-6-20-49(51)47-18-4-5-19-48(47)50-21-8-9-24-54(50)63-56-36-32-43-17-12-16-42-28-29-44(38-58(52)63)62(56)61(42)43/h1-39H. The number of benzene rings is 12. The first kappa shape index (κ1) is 36.7. The zero-order valence-electron chi connectivity index (χ0n) is 35.9. The smallest absolute Gasteiger partial charge is 0.159 e. The quantitative estimate of drug-likeness (QED) is 0.164. The molecule has 1 aromatic heterocycles. The molecule has 0 saturated heterocycles. The van der Waals surface area contributed by atoms with Crippen molar-refractivity contribution in [1.29, 1.82) is 0 Å². The van der Waals surface area contributed by atoms with Crippen LogP contribution in [0.1, 0.15) is 0 Å². The number of nitrogens with zero attached hydrogens (tertiary/aromatic N) is 1. The second kappa shape index (κ2) is 14.4. The number of hydrogen-bond donors (Lipinski definition) is 0. The van der Waals surface area contributed by atoms with Crippen LogP contribution in [-0.2, 0) is 0 Å². The summed E-state index contributed by atoms with van der Waals surface area (Å²) in [5.41, 5.74) is 7.14. The second-order valence-electron chi connectivity index (χ2n) is 17.5. The lowest BCUT2D eigenvalue weighted by Gasteiger charge is -2.26. The van der Waals surface area contributed by atoms with E-state index in [9.17, 15) is 0 Å². The number of furan rings is 1. The van der Waals surface area contributed by atoms with Crippen LogP contribution in [0.25, 0.3) is 119 Å². The predicted octanol–water partition coefficient (Wildman–Crippen LogP) is 18.5. The minimum atomic E-state index is 0.853. The average Bonchev–Trinajstić information content (AvgIpc) is 3.78. The molecule has 0 fully saturated rings. The number of hydrogen-bond acceptors (Lipinski definition) is 2. The molecule has 14 rings (SSSR count). The highest BCUT2D eigenvalue weighted by atomic mass is 16.3. The van der Waals surface area contributed by atoms with Crippen molar-refractivity contribution in [3.63, 3.8) is 0 Å². The minimum absolute atomic E-state index is 0.853. The van der Waals surface area contributed by atoms with Gasteiger partial charge in [0.1, 0.15) is 5.58 Å². The van der Waals surface area contributed by atoms with Crippen LogP contribution in [0.2, 0.25) is 0 Å². The molecule has 0 aliphatic heterocycles. The molecule has 1 heterocycles. The van der Waals surface area contributed by atoms with Crippen molar-refractivity contribution in [2.45, 2.75) is 0 Å². The zero-order valence-corrected chi connectivity index (χ0v) is 35.9. The van der Waals surface area contributed by atoms with Gasteiger partial charge in [-0.25, -0.2) is 0 Å². The average molecular weight is 838 g/mol. The van der Waals surface area contributed by atoms with Gasteiger partial charge < -0.3 is 9.32 Å². The molecule has 14 aromatic rings. The molecular weight excluding hydrogens is 799 g/mol. The van der Waals surface area contributed by atoms with Gasteiger partial charge in [-0.2, -0.15) is 0 Å². The number of fused-ring (bicyclic) bond motifs is 14. The fraction of sp³-hybridized carbons (Fsp3) is 0. The molecule has 66 heavy (non-hydrogen) atoms. The van der Waals surface area contributed by atoms with Crippen LogP contribution in [0.5, 0.6) is 0 Å². The Labute approximate surface area is 380 Å². The van der Waals surface area contributed by atoms with Crippen LogP contribution < -0.4 is 4.90 Å². The Morgan fingerprint density at radius 2 is 0.773 bits per heavy atom. The Morgan fingerprint density at radius 3 is 1.50 bits per heavy atom. The highest BCUT2D eigenvalue weighted by molar-refractivity contribution is 6.36. The summed E-state index contributed by atoms with van der Waals surface area (Å²) in [6.07, 6.45) is 0. The van der Waals surface area contributed by atoms with Crippen molar-refractivity contribution in [2.24, 2.45) is 0 Å². The lowest BCUT2D eigenvalue weighted by atomic mass is 9.88. The Hall–Kier alpha value is -8.72. The van der Waals surface area contributed by atoms with Gasteiger partial charge in [0.15, 0.2) is 5.58 Å². The maximum atomic E-state index is 6.81. The van der Waals surface area contributed by atoms with E-state index in [1.807, 2.05) is 6.07 Å². The largest absolute Gasteiger partial charge is 0.454 e. The minimum Gasteiger partial charge on any atom is -0.454 e.